The third-order valence-corrected chi connectivity index (χ3v) is 4.87. The first kappa shape index (κ1) is 14.9. The quantitative estimate of drug-likeness (QED) is 0.835. The molecule has 0 spiro atoms. The average Bonchev–Trinajstić information content (AvgIpc) is 2.97. The maximum absolute atomic E-state index is 5.26. The molecule has 0 bridgehead atoms. The highest BCUT2D eigenvalue weighted by molar-refractivity contribution is 5.08. The second kappa shape index (κ2) is 7.32. The van der Waals surface area contributed by atoms with Crippen molar-refractivity contribution in [1.82, 2.24) is 14.9 Å². The first-order chi connectivity index (χ1) is 10.3. The Labute approximate surface area is 127 Å². The molecule has 1 aliphatic heterocycles. The summed E-state index contributed by atoms with van der Waals surface area (Å²) in [5.74, 6) is 2.36. The minimum atomic E-state index is 0.602. The van der Waals surface area contributed by atoms with Gasteiger partial charge in [0.05, 0.1) is 6.61 Å². The summed E-state index contributed by atoms with van der Waals surface area (Å²) < 4.78 is 5.26. The maximum Gasteiger partial charge on any atom is 0.131 e. The van der Waals surface area contributed by atoms with Crippen molar-refractivity contribution >= 4 is 0 Å². The molecule has 2 aliphatic rings. The Bertz CT molecular complexity index is 428. The molecule has 21 heavy (non-hydrogen) atoms. The minimum absolute atomic E-state index is 0.602. The van der Waals surface area contributed by atoms with Gasteiger partial charge < -0.3 is 4.74 Å². The monoisotopic (exact) mass is 289 g/mol. The van der Waals surface area contributed by atoms with Gasteiger partial charge in [-0.3, -0.25) is 4.90 Å². The van der Waals surface area contributed by atoms with E-state index in [1.165, 1.54) is 50.6 Å². The number of methoxy groups -OCH3 is 1. The molecule has 4 nitrogen and oxygen atoms in total. The van der Waals surface area contributed by atoms with Crippen LogP contribution in [-0.4, -0.2) is 41.7 Å². The molecular formula is C17H27N3O. The van der Waals surface area contributed by atoms with Crippen LogP contribution < -0.4 is 0 Å². The Morgan fingerprint density at radius 2 is 1.90 bits per heavy atom. The lowest BCUT2D eigenvalue weighted by molar-refractivity contribution is 0.152. The van der Waals surface area contributed by atoms with Crippen molar-refractivity contribution in [2.75, 3.05) is 26.8 Å². The fraction of sp³-hybridized carbons (Fsp3) is 0.765. The van der Waals surface area contributed by atoms with E-state index in [0.717, 1.165) is 25.5 Å². The summed E-state index contributed by atoms with van der Waals surface area (Å²) >= 11 is 0. The number of aromatic nitrogens is 2. The Morgan fingerprint density at radius 3 is 2.62 bits per heavy atom. The van der Waals surface area contributed by atoms with Gasteiger partial charge in [0, 0.05) is 44.1 Å². The number of hydrogen-bond acceptors (Lipinski definition) is 4. The van der Waals surface area contributed by atoms with Crippen molar-refractivity contribution in [3.8, 4) is 0 Å². The van der Waals surface area contributed by atoms with Gasteiger partial charge in [-0.05, 0) is 31.7 Å². The molecule has 0 unspecified atom stereocenters. The van der Waals surface area contributed by atoms with Crippen molar-refractivity contribution in [3.05, 3.63) is 23.8 Å². The van der Waals surface area contributed by atoms with E-state index in [0.29, 0.717) is 11.8 Å². The lowest BCUT2D eigenvalue weighted by atomic mass is 9.89. The van der Waals surface area contributed by atoms with Crippen molar-refractivity contribution in [2.24, 2.45) is 5.92 Å². The standard InChI is InChI=1S/C17H27N3O/c1-21-13-14-7-8-20(11-14)12-15-9-18-17(19-10-15)16-5-3-2-4-6-16/h9-10,14,16H,2-8,11-13H2,1H3/t14-/m1/s1. The zero-order valence-electron chi connectivity index (χ0n) is 13.1. The second-order valence-corrected chi connectivity index (χ2v) is 6.63. The van der Waals surface area contributed by atoms with Crippen LogP contribution in [0.2, 0.25) is 0 Å². The van der Waals surface area contributed by atoms with Gasteiger partial charge >= 0.3 is 0 Å². The second-order valence-electron chi connectivity index (χ2n) is 6.63. The molecular weight excluding hydrogens is 262 g/mol. The number of ether oxygens (including phenoxy) is 1. The maximum atomic E-state index is 5.26. The third kappa shape index (κ3) is 4.01. The smallest absolute Gasteiger partial charge is 0.131 e. The van der Waals surface area contributed by atoms with Crippen LogP contribution in [0.1, 0.15) is 55.8 Å². The molecule has 0 radical (unpaired) electrons. The van der Waals surface area contributed by atoms with E-state index < -0.39 is 0 Å². The van der Waals surface area contributed by atoms with E-state index in [-0.39, 0.29) is 0 Å². The predicted octanol–water partition coefficient (Wildman–Crippen LogP) is 2.99. The van der Waals surface area contributed by atoms with Crippen molar-refractivity contribution < 1.29 is 4.74 Å². The van der Waals surface area contributed by atoms with Gasteiger partial charge in [0.2, 0.25) is 0 Å². The normalized spacial score (nSPS) is 24.5. The molecule has 0 N–H and O–H groups in total. The Kier molecular flexibility index (Phi) is 5.20. The van der Waals surface area contributed by atoms with Crippen LogP contribution in [0.4, 0.5) is 0 Å². The third-order valence-electron chi connectivity index (χ3n) is 4.87. The van der Waals surface area contributed by atoms with E-state index >= 15 is 0 Å². The van der Waals surface area contributed by atoms with E-state index in [1.54, 1.807) is 7.11 Å². The summed E-state index contributed by atoms with van der Waals surface area (Å²) in [6.45, 7) is 4.16. The van der Waals surface area contributed by atoms with Gasteiger partial charge in [-0.1, -0.05) is 19.3 Å². The highest BCUT2D eigenvalue weighted by Gasteiger charge is 2.23. The van der Waals surface area contributed by atoms with Crippen LogP contribution in [0.5, 0.6) is 0 Å². The summed E-state index contributed by atoms with van der Waals surface area (Å²) in [5.41, 5.74) is 1.24. The number of nitrogens with zero attached hydrogens (tertiary/aromatic N) is 3. The summed E-state index contributed by atoms with van der Waals surface area (Å²) in [6.07, 6.45) is 11.9. The summed E-state index contributed by atoms with van der Waals surface area (Å²) in [6, 6.07) is 0. The van der Waals surface area contributed by atoms with E-state index in [1.807, 2.05) is 12.4 Å². The van der Waals surface area contributed by atoms with E-state index in [9.17, 15) is 0 Å². The molecule has 4 heteroatoms. The molecule has 116 valence electrons. The van der Waals surface area contributed by atoms with Gasteiger partial charge in [-0.25, -0.2) is 9.97 Å². The number of likely N-dealkylation sites (tertiary alicyclic amines) is 1. The van der Waals surface area contributed by atoms with Crippen LogP contribution >= 0.6 is 0 Å². The average molecular weight is 289 g/mol. The molecule has 0 aromatic carbocycles. The SMILES string of the molecule is COC[C@@H]1CCN(Cc2cnc(C3CCCCC3)nc2)C1. The highest BCUT2D eigenvalue weighted by atomic mass is 16.5. The predicted molar refractivity (Wildman–Crippen MR) is 83.1 cm³/mol. The molecule has 1 atom stereocenters. The summed E-state index contributed by atoms with van der Waals surface area (Å²) in [7, 11) is 1.79. The first-order valence-corrected chi connectivity index (χ1v) is 8.37. The largest absolute Gasteiger partial charge is 0.384 e. The van der Waals surface area contributed by atoms with Crippen molar-refractivity contribution in [1.29, 1.82) is 0 Å². The van der Waals surface area contributed by atoms with Crippen LogP contribution in [0.25, 0.3) is 0 Å². The molecule has 1 aromatic heterocycles. The fourth-order valence-electron chi connectivity index (χ4n) is 3.70. The van der Waals surface area contributed by atoms with E-state index in [4.69, 9.17) is 4.74 Å². The summed E-state index contributed by atoms with van der Waals surface area (Å²) in [5, 5.41) is 0. The molecule has 1 saturated carbocycles. The van der Waals surface area contributed by atoms with E-state index in [2.05, 4.69) is 14.9 Å². The fourth-order valence-corrected chi connectivity index (χ4v) is 3.70. The number of hydrogen-bond donors (Lipinski definition) is 0. The van der Waals surface area contributed by atoms with Crippen molar-refractivity contribution in [2.45, 2.75) is 51.0 Å². The van der Waals surface area contributed by atoms with Crippen LogP contribution in [0.15, 0.2) is 12.4 Å². The number of rotatable bonds is 5. The van der Waals surface area contributed by atoms with Gasteiger partial charge in [0.15, 0.2) is 0 Å². The van der Waals surface area contributed by atoms with Gasteiger partial charge in [-0.2, -0.15) is 0 Å². The Balaban J connectivity index is 1.52. The van der Waals surface area contributed by atoms with Crippen molar-refractivity contribution in [3.63, 3.8) is 0 Å². The van der Waals surface area contributed by atoms with Crippen LogP contribution in [0, 0.1) is 5.92 Å². The van der Waals surface area contributed by atoms with Gasteiger partial charge in [-0.15, -0.1) is 0 Å². The Morgan fingerprint density at radius 1 is 1.14 bits per heavy atom. The topological polar surface area (TPSA) is 38.2 Å². The van der Waals surface area contributed by atoms with Crippen LogP contribution in [0.3, 0.4) is 0 Å². The minimum Gasteiger partial charge on any atom is -0.384 e. The molecule has 1 aromatic rings. The Hall–Kier alpha value is -1.00. The van der Waals surface area contributed by atoms with Crippen LogP contribution in [-0.2, 0) is 11.3 Å². The lowest BCUT2D eigenvalue weighted by Gasteiger charge is -2.20. The molecule has 2 fully saturated rings. The molecule has 0 amide bonds. The van der Waals surface area contributed by atoms with Gasteiger partial charge in [0.25, 0.3) is 0 Å². The molecule has 3 rings (SSSR count). The zero-order chi connectivity index (χ0) is 14.5. The summed E-state index contributed by atoms with van der Waals surface area (Å²) in [4.78, 5) is 11.8. The molecule has 2 heterocycles. The highest BCUT2D eigenvalue weighted by Crippen LogP contribution is 2.30. The molecule has 1 aliphatic carbocycles. The van der Waals surface area contributed by atoms with Gasteiger partial charge in [0.1, 0.15) is 5.82 Å². The molecule has 1 saturated heterocycles. The first-order valence-electron chi connectivity index (χ1n) is 8.37. The lowest BCUT2D eigenvalue weighted by Crippen LogP contribution is -2.21. The zero-order valence-corrected chi connectivity index (χ0v) is 13.1.